The summed E-state index contributed by atoms with van der Waals surface area (Å²) in [6.45, 7) is -0.630. The molecule has 0 N–H and O–H groups in total. The molecule has 0 unspecified atom stereocenters. The van der Waals surface area contributed by atoms with Crippen molar-refractivity contribution in [3.8, 4) is 17.6 Å². The molecule has 74 valence electrons. The number of methoxy groups -OCH3 is 2. The van der Waals surface area contributed by atoms with Gasteiger partial charge in [-0.1, -0.05) is 0 Å². The van der Waals surface area contributed by atoms with Crippen LogP contribution in [0.2, 0.25) is 0 Å². The Balaban J connectivity index is 3.34. The summed E-state index contributed by atoms with van der Waals surface area (Å²) in [5, 5.41) is 8.78. The van der Waals surface area contributed by atoms with Gasteiger partial charge in [-0.05, 0) is 17.7 Å². The van der Waals surface area contributed by atoms with E-state index in [-0.39, 0.29) is 5.56 Å². The number of halogens is 1. The zero-order valence-corrected chi connectivity index (χ0v) is 8.00. The molecule has 4 heteroatoms. The smallest absolute Gasteiger partial charge is 0.178 e. The van der Waals surface area contributed by atoms with Crippen LogP contribution in [0, 0.1) is 11.3 Å². The van der Waals surface area contributed by atoms with Crippen molar-refractivity contribution >= 4 is 0 Å². The van der Waals surface area contributed by atoms with E-state index in [9.17, 15) is 4.39 Å². The standard InChI is InChI=1S/C10H10FNO2/c1-13-9-4-7(5-11)3-8(6-12)10(9)14-2/h3-4H,5H2,1-2H3. The van der Waals surface area contributed by atoms with Crippen LogP contribution in [0.4, 0.5) is 4.39 Å². The maximum absolute atomic E-state index is 12.4. The monoisotopic (exact) mass is 195 g/mol. The normalized spacial score (nSPS) is 9.29. The first kappa shape index (κ1) is 10.3. The van der Waals surface area contributed by atoms with E-state index >= 15 is 0 Å². The molecule has 0 aliphatic rings. The molecule has 0 fully saturated rings. The van der Waals surface area contributed by atoms with Crippen LogP contribution in [-0.2, 0) is 6.67 Å². The number of rotatable bonds is 3. The lowest BCUT2D eigenvalue weighted by molar-refractivity contribution is 0.352. The molecule has 0 saturated heterocycles. The summed E-state index contributed by atoms with van der Waals surface area (Å²) in [6, 6.07) is 4.88. The van der Waals surface area contributed by atoms with E-state index in [0.29, 0.717) is 17.1 Å². The second kappa shape index (κ2) is 4.47. The molecule has 3 nitrogen and oxygen atoms in total. The predicted molar refractivity (Wildman–Crippen MR) is 49.1 cm³/mol. The number of nitriles is 1. The van der Waals surface area contributed by atoms with Crippen molar-refractivity contribution in [3.05, 3.63) is 23.3 Å². The van der Waals surface area contributed by atoms with Gasteiger partial charge in [0.05, 0.1) is 19.8 Å². The lowest BCUT2D eigenvalue weighted by atomic mass is 10.1. The summed E-state index contributed by atoms with van der Waals surface area (Å²) in [5.41, 5.74) is 0.679. The Morgan fingerprint density at radius 2 is 2.07 bits per heavy atom. The van der Waals surface area contributed by atoms with Crippen molar-refractivity contribution in [1.29, 1.82) is 5.26 Å². The first-order valence-electron chi connectivity index (χ1n) is 3.97. The summed E-state index contributed by atoms with van der Waals surface area (Å²) in [7, 11) is 2.88. The van der Waals surface area contributed by atoms with Gasteiger partial charge < -0.3 is 9.47 Å². The van der Waals surface area contributed by atoms with Crippen molar-refractivity contribution in [2.75, 3.05) is 14.2 Å². The van der Waals surface area contributed by atoms with Crippen LogP contribution in [0.5, 0.6) is 11.5 Å². The van der Waals surface area contributed by atoms with Crippen molar-refractivity contribution in [2.45, 2.75) is 6.67 Å². The van der Waals surface area contributed by atoms with Crippen LogP contribution in [0.3, 0.4) is 0 Å². The van der Waals surface area contributed by atoms with Gasteiger partial charge in [0, 0.05) is 0 Å². The molecule has 0 heterocycles. The minimum atomic E-state index is -0.630. The molecular formula is C10H10FNO2. The zero-order valence-electron chi connectivity index (χ0n) is 8.00. The Morgan fingerprint density at radius 1 is 1.36 bits per heavy atom. The van der Waals surface area contributed by atoms with E-state index in [4.69, 9.17) is 14.7 Å². The van der Waals surface area contributed by atoms with Gasteiger partial charge in [0.2, 0.25) is 0 Å². The lowest BCUT2D eigenvalue weighted by Crippen LogP contribution is -1.95. The summed E-state index contributed by atoms with van der Waals surface area (Å²) < 4.78 is 22.4. The van der Waals surface area contributed by atoms with Gasteiger partial charge in [-0.15, -0.1) is 0 Å². The zero-order chi connectivity index (χ0) is 10.6. The quantitative estimate of drug-likeness (QED) is 0.741. The molecule has 0 saturated carbocycles. The van der Waals surface area contributed by atoms with E-state index in [2.05, 4.69) is 0 Å². The van der Waals surface area contributed by atoms with Crippen molar-refractivity contribution < 1.29 is 13.9 Å². The largest absolute Gasteiger partial charge is 0.493 e. The van der Waals surface area contributed by atoms with Gasteiger partial charge in [0.25, 0.3) is 0 Å². The third-order valence-electron chi connectivity index (χ3n) is 1.81. The van der Waals surface area contributed by atoms with Gasteiger partial charge in [-0.25, -0.2) is 4.39 Å². The molecule has 1 aromatic carbocycles. The molecule has 1 rings (SSSR count). The van der Waals surface area contributed by atoms with Gasteiger partial charge >= 0.3 is 0 Å². The van der Waals surface area contributed by atoms with Crippen LogP contribution in [0.15, 0.2) is 12.1 Å². The molecule has 0 aliphatic carbocycles. The molecule has 0 spiro atoms. The highest BCUT2D eigenvalue weighted by atomic mass is 19.1. The molecule has 14 heavy (non-hydrogen) atoms. The number of nitrogens with zero attached hydrogens (tertiary/aromatic N) is 1. The summed E-state index contributed by atoms with van der Waals surface area (Å²) in [5.74, 6) is 0.714. The second-order valence-corrected chi connectivity index (χ2v) is 2.62. The fraction of sp³-hybridized carbons (Fsp3) is 0.300. The fourth-order valence-electron chi connectivity index (χ4n) is 1.18. The van der Waals surface area contributed by atoms with Gasteiger partial charge in [0.15, 0.2) is 11.5 Å². The Kier molecular flexibility index (Phi) is 3.29. The average Bonchev–Trinajstić information content (AvgIpc) is 2.26. The summed E-state index contributed by atoms with van der Waals surface area (Å²) in [6.07, 6.45) is 0. The van der Waals surface area contributed by atoms with Gasteiger partial charge in [0.1, 0.15) is 12.7 Å². The second-order valence-electron chi connectivity index (χ2n) is 2.62. The first-order chi connectivity index (χ1) is 6.76. The van der Waals surface area contributed by atoms with Crippen molar-refractivity contribution in [1.82, 2.24) is 0 Å². The Labute approximate surface area is 81.7 Å². The van der Waals surface area contributed by atoms with E-state index in [1.54, 1.807) is 0 Å². The molecule has 0 radical (unpaired) electrons. The highest BCUT2D eigenvalue weighted by Crippen LogP contribution is 2.32. The van der Waals surface area contributed by atoms with Gasteiger partial charge in [-0.2, -0.15) is 5.26 Å². The van der Waals surface area contributed by atoms with Crippen LogP contribution in [0.25, 0.3) is 0 Å². The predicted octanol–water partition coefficient (Wildman–Crippen LogP) is 2.04. The van der Waals surface area contributed by atoms with Crippen LogP contribution in [-0.4, -0.2) is 14.2 Å². The first-order valence-corrected chi connectivity index (χ1v) is 3.97. The van der Waals surface area contributed by atoms with Crippen molar-refractivity contribution in [2.24, 2.45) is 0 Å². The Hall–Kier alpha value is -1.76. The number of hydrogen-bond donors (Lipinski definition) is 0. The number of alkyl halides is 1. The SMILES string of the molecule is COc1cc(CF)cc(C#N)c1OC. The number of ether oxygens (including phenoxy) is 2. The molecule has 0 bridgehead atoms. The Bertz CT molecular complexity index is 371. The van der Waals surface area contributed by atoms with E-state index < -0.39 is 6.67 Å². The third kappa shape index (κ3) is 1.77. The molecule has 0 aliphatic heterocycles. The van der Waals surface area contributed by atoms with Gasteiger partial charge in [-0.3, -0.25) is 0 Å². The maximum Gasteiger partial charge on any atom is 0.178 e. The molecular weight excluding hydrogens is 185 g/mol. The molecule has 0 aromatic heterocycles. The topological polar surface area (TPSA) is 42.2 Å². The average molecular weight is 195 g/mol. The molecule has 1 aromatic rings. The van der Waals surface area contributed by atoms with Crippen molar-refractivity contribution in [3.63, 3.8) is 0 Å². The number of benzene rings is 1. The Morgan fingerprint density at radius 3 is 2.50 bits per heavy atom. The fourth-order valence-corrected chi connectivity index (χ4v) is 1.18. The van der Waals surface area contributed by atoms with E-state index in [0.717, 1.165) is 0 Å². The van der Waals surface area contributed by atoms with Crippen LogP contribution >= 0.6 is 0 Å². The summed E-state index contributed by atoms with van der Waals surface area (Å²) >= 11 is 0. The summed E-state index contributed by atoms with van der Waals surface area (Å²) in [4.78, 5) is 0. The molecule has 0 atom stereocenters. The van der Waals surface area contributed by atoms with E-state index in [1.807, 2.05) is 6.07 Å². The van der Waals surface area contributed by atoms with Crippen LogP contribution < -0.4 is 9.47 Å². The lowest BCUT2D eigenvalue weighted by Gasteiger charge is -2.09. The molecule has 0 amide bonds. The minimum absolute atomic E-state index is 0.277. The van der Waals surface area contributed by atoms with Crippen LogP contribution in [0.1, 0.15) is 11.1 Å². The number of hydrogen-bond acceptors (Lipinski definition) is 3. The van der Waals surface area contributed by atoms with E-state index in [1.165, 1.54) is 26.4 Å². The maximum atomic E-state index is 12.4. The third-order valence-corrected chi connectivity index (χ3v) is 1.81. The highest BCUT2D eigenvalue weighted by Gasteiger charge is 2.11. The highest BCUT2D eigenvalue weighted by molar-refractivity contribution is 5.54. The minimum Gasteiger partial charge on any atom is -0.493 e.